The van der Waals surface area contributed by atoms with Crippen LogP contribution in [0.4, 0.5) is 11.4 Å². The number of carbonyl (C=O) groups excluding carboxylic acids is 2. The molecule has 1 atom stereocenters. The quantitative estimate of drug-likeness (QED) is 0.635. The summed E-state index contributed by atoms with van der Waals surface area (Å²) in [4.78, 5) is 27.7. The van der Waals surface area contributed by atoms with Crippen LogP contribution in [-0.4, -0.2) is 18.4 Å². The van der Waals surface area contributed by atoms with Gasteiger partial charge in [0.15, 0.2) is 0 Å². The lowest BCUT2D eigenvalue weighted by molar-refractivity contribution is 0.0982. The third kappa shape index (κ3) is 4.13. The first-order valence-electron chi connectivity index (χ1n) is 10.4. The second-order valence-corrected chi connectivity index (χ2v) is 8.03. The maximum Gasteiger partial charge on any atom is 0.258 e. The van der Waals surface area contributed by atoms with E-state index in [4.69, 9.17) is 0 Å². The molecule has 0 aliphatic carbocycles. The van der Waals surface area contributed by atoms with Gasteiger partial charge < -0.3 is 10.2 Å². The van der Waals surface area contributed by atoms with Crippen molar-refractivity contribution in [1.82, 2.24) is 0 Å². The lowest BCUT2D eigenvalue weighted by Gasteiger charge is -2.25. The van der Waals surface area contributed by atoms with E-state index in [9.17, 15) is 9.59 Å². The summed E-state index contributed by atoms with van der Waals surface area (Å²) < 4.78 is 0. The number of aryl methyl sites for hydroxylation is 2. The second-order valence-electron chi connectivity index (χ2n) is 8.03. The standard InChI is InChI=1S/C26H26N2O2/c1-18-11-12-20-8-4-6-10-24(20)28(17-18)26(30)21-13-15-22(16-14-21)27-25(29)23-9-5-3-7-19(23)2/h3-10,13-16,18H,11-12,17H2,1-2H3,(H,27,29). The topological polar surface area (TPSA) is 49.4 Å². The third-order valence-electron chi connectivity index (χ3n) is 5.71. The van der Waals surface area contributed by atoms with Gasteiger partial charge in [-0.1, -0.05) is 43.3 Å². The van der Waals surface area contributed by atoms with Gasteiger partial charge in [0, 0.05) is 29.0 Å². The van der Waals surface area contributed by atoms with Crippen molar-refractivity contribution in [3.05, 3.63) is 95.1 Å². The van der Waals surface area contributed by atoms with Gasteiger partial charge in [-0.2, -0.15) is 0 Å². The summed E-state index contributed by atoms with van der Waals surface area (Å²) in [5.74, 6) is 0.282. The van der Waals surface area contributed by atoms with Crippen molar-refractivity contribution < 1.29 is 9.59 Å². The lowest BCUT2D eigenvalue weighted by Crippen LogP contribution is -2.34. The average Bonchev–Trinajstić information content (AvgIpc) is 2.93. The molecule has 1 unspecified atom stereocenters. The molecular formula is C26H26N2O2. The van der Waals surface area contributed by atoms with Gasteiger partial charge in [-0.15, -0.1) is 0 Å². The van der Waals surface area contributed by atoms with Crippen molar-refractivity contribution in [3.63, 3.8) is 0 Å². The molecule has 0 radical (unpaired) electrons. The van der Waals surface area contributed by atoms with Crippen LogP contribution in [0.3, 0.4) is 0 Å². The van der Waals surface area contributed by atoms with Gasteiger partial charge in [0.05, 0.1) is 0 Å². The Balaban J connectivity index is 1.53. The van der Waals surface area contributed by atoms with E-state index in [2.05, 4.69) is 18.3 Å². The van der Waals surface area contributed by atoms with Gasteiger partial charge in [-0.3, -0.25) is 9.59 Å². The first kappa shape index (κ1) is 19.9. The summed E-state index contributed by atoms with van der Waals surface area (Å²) >= 11 is 0. The van der Waals surface area contributed by atoms with Crippen molar-refractivity contribution in [2.45, 2.75) is 26.7 Å². The molecule has 0 saturated heterocycles. The number of anilines is 2. The van der Waals surface area contributed by atoms with E-state index in [0.717, 1.165) is 24.1 Å². The molecule has 1 heterocycles. The molecule has 2 amide bonds. The Bertz CT molecular complexity index is 1070. The number of amides is 2. The molecule has 0 saturated carbocycles. The highest BCUT2D eigenvalue weighted by Crippen LogP contribution is 2.29. The molecule has 4 nitrogen and oxygen atoms in total. The zero-order valence-electron chi connectivity index (χ0n) is 17.4. The number of nitrogens with zero attached hydrogens (tertiary/aromatic N) is 1. The molecule has 3 aromatic rings. The van der Waals surface area contributed by atoms with E-state index in [1.807, 2.05) is 48.2 Å². The second kappa shape index (κ2) is 8.54. The molecular weight excluding hydrogens is 372 g/mol. The van der Waals surface area contributed by atoms with Crippen molar-refractivity contribution in [2.75, 3.05) is 16.8 Å². The van der Waals surface area contributed by atoms with E-state index < -0.39 is 0 Å². The fourth-order valence-electron chi connectivity index (χ4n) is 3.96. The summed E-state index contributed by atoms with van der Waals surface area (Å²) in [6.07, 6.45) is 2.07. The van der Waals surface area contributed by atoms with Gasteiger partial charge >= 0.3 is 0 Å². The summed E-state index contributed by atoms with van der Waals surface area (Å²) in [5, 5.41) is 2.91. The van der Waals surface area contributed by atoms with Crippen LogP contribution in [0, 0.1) is 12.8 Å². The predicted molar refractivity (Wildman–Crippen MR) is 121 cm³/mol. The minimum atomic E-state index is -0.151. The van der Waals surface area contributed by atoms with Crippen LogP contribution < -0.4 is 10.2 Å². The summed E-state index contributed by atoms with van der Waals surface area (Å²) in [5.41, 5.74) is 5.09. The van der Waals surface area contributed by atoms with Gasteiger partial charge in [0.2, 0.25) is 0 Å². The highest BCUT2D eigenvalue weighted by molar-refractivity contribution is 6.08. The highest BCUT2D eigenvalue weighted by Gasteiger charge is 2.25. The molecule has 1 N–H and O–H groups in total. The minimum Gasteiger partial charge on any atom is -0.322 e. The van der Waals surface area contributed by atoms with E-state index in [0.29, 0.717) is 29.3 Å². The monoisotopic (exact) mass is 398 g/mol. The zero-order valence-corrected chi connectivity index (χ0v) is 17.4. The highest BCUT2D eigenvalue weighted by atomic mass is 16.2. The molecule has 3 aromatic carbocycles. The Morgan fingerprint density at radius 2 is 1.63 bits per heavy atom. The SMILES string of the molecule is Cc1ccccc1C(=O)Nc1ccc(C(=O)N2CC(C)CCc3ccccc32)cc1. The van der Waals surface area contributed by atoms with E-state index in [1.54, 1.807) is 30.3 Å². The molecule has 0 bridgehead atoms. The molecule has 0 spiro atoms. The molecule has 0 fully saturated rings. The predicted octanol–water partition coefficient (Wildman–Crippen LogP) is 5.48. The van der Waals surface area contributed by atoms with Gasteiger partial charge in [0.25, 0.3) is 11.8 Å². The van der Waals surface area contributed by atoms with Crippen LogP contribution in [0.2, 0.25) is 0 Å². The maximum absolute atomic E-state index is 13.3. The molecule has 1 aliphatic heterocycles. The van der Waals surface area contributed by atoms with E-state index in [-0.39, 0.29) is 11.8 Å². The average molecular weight is 399 g/mol. The number of nitrogens with one attached hydrogen (secondary N) is 1. The van der Waals surface area contributed by atoms with Crippen LogP contribution in [0.25, 0.3) is 0 Å². The number of carbonyl (C=O) groups is 2. The smallest absolute Gasteiger partial charge is 0.258 e. The van der Waals surface area contributed by atoms with Crippen LogP contribution in [0.5, 0.6) is 0 Å². The van der Waals surface area contributed by atoms with Crippen molar-refractivity contribution in [3.8, 4) is 0 Å². The lowest BCUT2D eigenvalue weighted by atomic mass is 10.0. The Labute approximate surface area is 177 Å². The molecule has 4 rings (SSSR count). The zero-order chi connectivity index (χ0) is 21.1. The molecule has 152 valence electrons. The third-order valence-corrected chi connectivity index (χ3v) is 5.71. The molecule has 30 heavy (non-hydrogen) atoms. The van der Waals surface area contributed by atoms with Crippen LogP contribution >= 0.6 is 0 Å². The van der Waals surface area contributed by atoms with Crippen molar-refractivity contribution >= 4 is 23.2 Å². The van der Waals surface area contributed by atoms with E-state index >= 15 is 0 Å². The van der Waals surface area contributed by atoms with Crippen LogP contribution in [-0.2, 0) is 6.42 Å². The number of para-hydroxylation sites is 1. The van der Waals surface area contributed by atoms with E-state index in [1.165, 1.54) is 5.56 Å². The Morgan fingerprint density at radius 3 is 2.40 bits per heavy atom. The van der Waals surface area contributed by atoms with Crippen LogP contribution in [0.15, 0.2) is 72.8 Å². The Hall–Kier alpha value is -3.40. The number of rotatable bonds is 3. The van der Waals surface area contributed by atoms with Crippen LogP contribution in [0.1, 0.15) is 45.2 Å². The largest absolute Gasteiger partial charge is 0.322 e. The first-order chi connectivity index (χ1) is 14.5. The molecule has 1 aliphatic rings. The number of hydrogen-bond donors (Lipinski definition) is 1. The minimum absolute atomic E-state index is 0.00650. The number of hydrogen-bond acceptors (Lipinski definition) is 2. The Morgan fingerprint density at radius 1 is 0.933 bits per heavy atom. The van der Waals surface area contributed by atoms with Crippen molar-refractivity contribution in [1.29, 1.82) is 0 Å². The Kier molecular flexibility index (Phi) is 5.66. The molecule has 0 aromatic heterocycles. The molecule has 4 heteroatoms. The number of benzene rings is 3. The fraction of sp³-hybridized carbons (Fsp3) is 0.231. The van der Waals surface area contributed by atoms with Gasteiger partial charge in [-0.05, 0) is 73.2 Å². The fourth-order valence-corrected chi connectivity index (χ4v) is 3.96. The summed E-state index contributed by atoms with van der Waals surface area (Å²) in [6.45, 7) is 4.81. The van der Waals surface area contributed by atoms with Gasteiger partial charge in [0.1, 0.15) is 0 Å². The van der Waals surface area contributed by atoms with Crippen molar-refractivity contribution in [2.24, 2.45) is 5.92 Å². The van der Waals surface area contributed by atoms with Gasteiger partial charge in [-0.25, -0.2) is 0 Å². The summed E-state index contributed by atoms with van der Waals surface area (Å²) in [6, 6.07) is 22.8. The normalized spacial score (nSPS) is 15.8. The summed E-state index contributed by atoms with van der Waals surface area (Å²) in [7, 11) is 0. The first-order valence-corrected chi connectivity index (χ1v) is 10.4. The maximum atomic E-state index is 13.3. The number of fused-ring (bicyclic) bond motifs is 1.